The molecule has 2 bridgehead atoms. The molecule has 0 saturated heterocycles. The predicted octanol–water partition coefficient (Wildman–Crippen LogP) is 3.41. The van der Waals surface area contributed by atoms with E-state index >= 15 is 0 Å². The Kier molecular flexibility index (Phi) is 3.67. The van der Waals surface area contributed by atoms with Crippen molar-refractivity contribution >= 4 is 17.3 Å². The number of benzene rings is 1. The smallest absolute Gasteiger partial charge is 0.123 e. The molecule has 0 radical (unpaired) electrons. The highest BCUT2D eigenvalue weighted by molar-refractivity contribution is 6.11. The summed E-state index contributed by atoms with van der Waals surface area (Å²) in [5, 5.41) is 3.97. The molecule has 17 heavy (non-hydrogen) atoms. The molecule has 0 aliphatic heterocycles. The first kappa shape index (κ1) is 12.0. The lowest BCUT2D eigenvalue weighted by Gasteiger charge is -2.31. The van der Waals surface area contributed by atoms with Gasteiger partial charge in [-0.2, -0.15) is 0 Å². The van der Waals surface area contributed by atoms with Crippen LogP contribution in [0.3, 0.4) is 0 Å². The standard InChI is InChI=1S/C14H12O.ClH2N/c1-15-13-8-7-11-9-12(13)14(11)10-5-3-2-4-6-10;1-2/h2-8H,9H2,1H3;2H2. The van der Waals surface area contributed by atoms with Crippen LogP contribution in [-0.4, -0.2) is 7.11 Å². The van der Waals surface area contributed by atoms with Crippen molar-refractivity contribution in [1.29, 1.82) is 0 Å². The molecule has 2 aliphatic rings. The van der Waals surface area contributed by atoms with Gasteiger partial charge in [-0.15, -0.1) is 0 Å². The van der Waals surface area contributed by atoms with E-state index in [0.29, 0.717) is 0 Å². The SMILES string of the molecule is COC1=C2CC(=C2c2ccccc2)C=C1.NCl. The van der Waals surface area contributed by atoms with Crippen molar-refractivity contribution in [3.05, 3.63) is 65.0 Å². The van der Waals surface area contributed by atoms with Crippen molar-refractivity contribution in [2.75, 3.05) is 7.11 Å². The molecule has 88 valence electrons. The van der Waals surface area contributed by atoms with Gasteiger partial charge in [-0.1, -0.05) is 36.4 Å². The quantitative estimate of drug-likeness (QED) is 0.813. The minimum atomic E-state index is 1.02. The molecule has 2 N–H and O–H groups in total. The number of allylic oxidation sites excluding steroid dienone is 5. The highest BCUT2D eigenvalue weighted by Crippen LogP contribution is 2.46. The number of hydrogen-bond acceptors (Lipinski definition) is 2. The summed E-state index contributed by atoms with van der Waals surface area (Å²) in [6, 6.07) is 10.5. The van der Waals surface area contributed by atoms with Gasteiger partial charge in [0.05, 0.1) is 7.11 Å². The van der Waals surface area contributed by atoms with Crippen molar-refractivity contribution in [3.63, 3.8) is 0 Å². The zero-order valence-corrected chi connectivity index (χ0v) is 10.4. The predicted molar refractivity (Wildman–Crippen MR) is 71.2 cm³/mol. The molecule has 2 aliphatic carbocycles. The Labute approximate surface area is 106 Å². The van der Waals surface area contributed by atoms with Crippen molar-refractivity contribution in [2.24, 2.45) is 5.25 Å². The van der Waals surface area contributed by atoms with E-state index in [1.54, 1.807) is 7.11 Å². The van der Waals surface area contributed by atoms with Gasteiger partial charge in [-0.05, 0) is 34.6 Å². The first-order valence-corrected chi connectivity index (χ1v) is 5.80. The van der Waals surface area contributed by atoms with Gasteiger partial charge in [0, 0.05) is 12.0 Å². The zero-order chi connectivity index (χ0) is 12.3. The van der Waals surface area contributed by atoms with Crippen molar-refractivity contribution < 1.29 is 4.74 Å². The molecule has 0 unspecified atom stereocenters. The van der Waals surface area contributed by atoms with E-state index in [4.69, 9.17) is 4.74 Å². The van der Waals surface area contributed by atoms with E-state index < -0.39 is 0 Å². The number of nitrogens with two attached hydrogens (primary N) is 1. The lowest BCUT2D eigenvalue weighted by molar-refractivity contribution is 0.301. The minimum Gasteiger partial charge on any atom is -0.496 e. The summed E-state index contributed by atoms with van der Waals surface area (Å²) in [5.41, 5.74) is 5.45. The lowest BCUT2D eigenvalue weighted by atomic mass is 9.75. The zero-order valence-electron chi connectivity index (χ0n) is 9.61. The molecule has 0 heterocycles. The Balaban J connectivity index is 0.000000514. The third-order valence-electron chi connectivity index (χ3n) is 3.01. The topological polar surface area (TPSA) is 35.2 Å². The maximum Gasteiger partial charge on any atom is 0.123 e. The van der Waals surface area contributed by atoms with Gasteiger partial charge < -0.3 is 4.74 Å². The van der Waals surface area contributed by atoms with E-state index in [-0.39, 0.29) is 0 Å². The minimum absolute atomic E-state index is 1.02. The van der Waals surface area contributed by atoms with Gasteiger partial charge in [0.2, 0.25) is 0 Å². The molecule has 0 atom stereocenters. The molecule has 0 saturated carbocycles. The molecule has 3 heteroatoms. The van der Waals surface area contributed by atoms with Crippen LogP contribution in [0.1, 0.15) is 12.0 Å². The van der Waals surface area contributed by atoms with E-state index in [2.05, 4.69) is 53.4 Å². The summed E-state index contributed by atoms with van der Waals surface area (Å²) >= 11 is 4.14. The van der Waals surface area contributed by atoms with Gasteiger partial charge >= 0.3 is 0 Å². The van der Waals surface area contributed by atoms with Crippen LogP contribution in [0.15, 0.2) is 59.4 Å². The summed E-state index contributed by atoms with van der Waals surface area (Å²) in [5.74, 6) is 1.02. The van der Waals surface area contributed by atoms with Crippen LogP contribution >= 0.6 is 11.8 Å². The number of halogens is 1. The maximum atomic E-state index is 5.35. The number of fused-ring (bicyclic) bond motifs is 2. The molecule has 0 spiro atoms. The van der Waals surface area contributed by atoms with Crippen LogP contribution in [0.5, 0.6) is 0 Å². The third kappa shape index (κ3) is 2.02. The van der Waals surface area contributed by atoms with Crippen LogP contribution < -0.4 is 5.25 Å². The molecule has 1 aromatic rings. The fourth-order valence-electron chi connectivity index (χ4n) is 2.24. The molecular formula is C14H14ClNO. The monoisotopic (exact) mass is 247 g/mol. The molecule has 0 amide bonds. The summed E-state index contributed by atoms with van der Waals surface area (Å²) in [7, 11) is 1.73. The average molecular weight is 248 g/mol. The largest absolute Gasteiger partial charge is 0.496 e. The van der Waals surface area contributed by atoms with Gasteiger partial charge in [-0.25, -0.2) is 5.25 Å². The normalized spacial score (nSPS) is 16.2. The van der Waals surface area contributed by atoms with Crippen LogP contribution in [0.4, 0.5) is 0 Å². The average Bonchev–Trinajstić information content (AvgIpc) is 2.42. The number of methoxy groups -OCH3 is 1. The van der Waals surface area contributed by atoms with Crippen LogP contribution in [0, 0.1) is 0 Å². The van der Waals surface area contributed by atoms with Crippen molar-refractivity contribution in [3.8, 4) is 0 Å². The lowest BCUT2D eigenvalue weighted by Crippen LogP contribution is -2.13. The van der Waals surface area contributed by atoms with E-state index in [0.717, 1.165) is 12.2 Å². The number of hydrogen-bond donors (Lipinski definition) is 1. The molecular weight excluding hydrogens is 234 g/mol. The van der Waals surface area contributed by atoms with Crippen molar-refractivity contribution in [2.45, 2.75) is 6.42 Å². The highest BCUT2D eigenvalue weighted by Gasteiger charge is 2.28. The van der Waals surface area contributed by atoms with Crippen LogP contribution in [0.2, 0.25) is 0 Å². The van der Waals surface area contributed by atoms with Crippen LogP contribution in [-0.2, 0) is 4.74 Å². The van der Waals surface area contributed by atoms with E-state index in [1.807, 2.05) is 6.07 Å². The summed E-state index contributed by atoms with van der Waals surface area (Å²) in [4.78, 5) is 0. The third-order valence-corrected chi connectivity index (χ3v) is 3.01. The molecule has 1 aromatic carbocycles. The molecule has 0 fully saturated rings. The van der Waals surface area contributed by atoms with Gasteiger partial charge in [0.25, 0.3) is 0 Å². The fraction of sp³-hybridized carbons (Fsp3) is 0.143. The summed E-state index contributed by atoms with van der Waals surface area (Å²) < 4.78 is 5.35. The van der Waals surface area contributed by atoms with Crippen molar-refractivity contribution in [1.82, 2.24) is 0 Å². The Bertz CT molecular complexity index is 500. The van der Waals surface area contributed by atoms with Gasteiger partial charge in [-0.3, -0.25) is 0 Å². The number of ether oxygens (including phenoxy) is 1. The maximum absolute atomic E-state index is 5.35. The van der Waals surface area contributed by atoms with Gasteiger partial charge in [0.1, 0.15) is 5.76 Å². The second-order valence-electron chi connectivity index (χ2n) is 3.82. The summed E-state index contributed by atoms with van der Waals surface area (Å²) in [6.07, 6.45) is 5.28. The Hall–Kier alpha value is -1.51. The van der Waals surface area contributed by atoms with E-state index in [1.165, 1.54) is 22.3 Å². The second kappa shape index (κ2) is 5.21. The van der Waals surface area contributed by atoms with Gasteiger partial charge in [0.15, 0.2) is 0 Å². The first-order valence-electron chi connectivity index (χ1n) is 5.36. The highest BCUT2D eigenvalue weighted by atomic mass is 35.5. The second-order valence-corrected chi connectivity index (χ2v) is 3.82. The molecule has 0 aromatic heterocycles. The van der Waals surface area contributed by atoms with Crippen LogP contribution in [0.25, 0.3) is 5.57 Å². The molecule has 2 nitrogen and oxygen atoms in total. The first-order chi connectivity index (χ1) is 8.40. The number of rotatable bonds is 2. The Morgan fingerprint density at radius 2 is 1.82 bits per heavy atom. The summed E-state index contributed by atoms with van der Waals surface area (Å²) in [6.45, 7) is 0. The Morgan fingerprint density at radius 3 is 2.41 bits per heavy atom. The molecule has 3 rings (SSSR count). The Morgan fingerprint density at radius 1 is 1.12 bits per heavy atom. The fourth-order valence-corrected chi connectivity index (χ4v) is 2.24. The van der Waals surface area contributed by atoms with E-state index in [9.17, 15) is 0 Å².